The molecule has 2 aliphatic rings. The van der Waals surface area contributed by atoms with Gasteiger partial charge in [-0.1, -0.05) is 24.3 Å². The Hall–Kier alpha value is -3.10. The number of rotatable bonds is 4. The summed E-state index contributed by atoms with van der Waals surface area (Å²) in [5, 5.41) is 4.67. The van der Waals surface area contributed by atoms with Crippen LogP contribution in [0.4, 0.5) is 15.0 Å². The van der Waals surface area contributed by atoms with Crippen LogP contribution in [0.15, 0.2) is 24.3 Å². The molecule has 2 heterocycles. The van der Waals surface area contributed by atoms with Gasteiger partial charge in [0.05, 0.1) is 24.8 Å². The fraction of sp³-hybridized carbons (Fsp3) is 0.542. The number of hydrogen-bond donors (Lipinski definition) is 2. The molecule has 1 aliphatic heterocycles. The van der Waals surface area contributed by atoms with Crippen LogP contribution in [0.3, 0.4) is 0 Å². The van der Waals surface area contributed by atoms with E-state index in [-0.39, 0.29) is 36.8 Å². The molecule has 1 aromatic heterocycles. The number of nitrogens with zero attached hydrogens (tertiary/aromatic N) is 3. The molecule has 0 radical (unpaired) electrons. The maximum Gasteiger partial charge on any atom is 0.410 e. The molecule has 0 saturated carbocycles. The van der Waals surface area contributed by atoms with Crippen LogP contribution in [0.2, 0.25) is 0 Å². The van der Waals surface area contributed by atoms with Gasteiger partial charge in [0.1, 0.15) is 23.2 Å². The average molecular weight is 458 g/mol. The second-order valence-electron chi connectivity index (χ2n) is 10.0. The molecule has 2 aromatic rings. The summed E-state index contributed by atoms with van der Waals surface area (Å²) in [4.78, 5) is 26.3. The van der Waals surface area contributed by atoms with E-state index in [9.17, 15) is 14.0 Å². The molecule has 2 amide bonds. The molecule has 33 heavy (non-hydrogen) atoms. The smallest absolute Gasteiger partial charge is 0.410 e. The minimum atomic E-state index is -1.16. The summed E-state index contributed by atoms with van der Waals surface area (Å²) < 4.78 is 21.2. The van der Waals surface area contributed by atoms with E-state index in [1.54, 1.807) is 20.8 Å². The molecule has 0 bridgehead atoms. The fourth-order valence-electron chi connectivity index (χ4n) is 4.88. The molecule has 4 N–H and O–H groups in total. The van der Waals surface area contributed by atoms with Crippen LogP contribution in [0.5, 0.6) is 0 Å². The molecule has 0 spiro atoms. The quantitative estimate of drug-likeness (QED) is 0.731. The topological polar surface area (TPSA) is 116 Å². The lowest BCUT2D eigenvalue weighted by Gasteiger charge is -2.28. The van der Waals surface area contributed by atoms with Crippen molar-refractivity contribution < 1.29 is 18.7 Å². The average Bonchev–Trinajstić information content (AvgIpc) is 3.26. The van der Waals surface area contributed by atoms with E-state index in [0.29, 0.717) is 5.69 Å². The lowest BCUT2D eigenvalue weighted by molar-refractivity contribution is 0.0204. The first-order chi connectivity index (χ1) is 15.5. The highest BCUT2D eigenvalue weighted by Crippen LogP contribution is 2.36. The zero-order chi connectivity index (χ0) is 23.9. The van der Waals surface area contributed by atoms with Gasteiger partial charge in [0, 0.05) is 12.3 Å². The first kappa shape index (κ1) is 23.1. The van der Waals surface area contributed by atoms with E-state index in [1.165, 1.54) is 20.7 Å². The molecule has 1 aromatic carbocycles. The van der Waals surface area contributed by atoms with Crippen LogP contribution >= 0.6 is 0 Å². The maximum absolute atomic E-state index is 14.3. The number of ether oxygens (including phenoxy) is 1. The molecular formula is C24H32FN5O3. The highest BCUT2D eigenvalue weighted by atomic mass is 19.1. The third-order valence-electron chi connectivity index (χ3n) is 6.37. The molecule has 3 atom stereocenters. The van der Waals surface area contributed by atoms with Crippen molar-refractivity contribution in [2.75, 3.05) is 12.3 Å². The number of anilines is 1. The van der Waals surface area contributed by atoms with Crippen molar-refractivity contribution in [2.24, 2.45) is 5.73 Å². The second kappa shape index (κ2) is 8.68. The molecule has 178 valence electrons. The number of nitrogen functional groups attached to an aromatic ring is 1. The van der Waals surface area contributed by atoms with Crippen molar-refractivity contribution in [1.29, 1.82) is 0 Å². The van der Waals surface area contributed by atoms with Crippen molar-refractivity contribution in [3.63, 3.8) is 0 Å². The van der Waals surface area contributed by atoms with Crippen molar-refractivity contribution in [3.8, 4) is 0 Å². The van der Waals surface area contributed by atoms with E-state index in [2.05, 4.69) is 17.2 Å². The monoisotopic (exact) mass is 457 g/mol. The van der Waals surface area contributed by atoms with Gasteiger partial charge in [0.2, 0.25) is 0 Å². The number of nitrogens with two attached hydrogens (primary N) is 2. The summed E-state index contributed by atoms with van der Waals surface area (Å²) in [5.41, 5.74) is 14.6. The number of carbonyl (C=O) groups excluding carboxylic acids is 2. The molecule has 1 saturated heterocycles. The Morgan fingerprint density at radius 2 is 1.94 bits per heavy atom. The predicted molar refractivity (Wildman–Crippen MR) is 123 cm³/mol. The number of hydrogen-bond acceptors (Lipinski definition) is 5. The van der Waals surface area contributed by atoms with Crippen LogP contribution in [0, 0.1) is 0 Å². The first-order valence-electron chi connectivity index (χ1n) is 11.4. The van der Waals surface area contributed by atoms with Gasteiger partial charge in [-0.3, -0.25) is 4.79 Å². The number of primary amides is 1. The number of amides is 2. The Bertz CT molecular complexity index is 1060. The van der Waals surface area contributed by atoms with Gasteiger partial charge in [0.15, 0.2) is 0 Å². The summed E-state index contributed by atoms with van der Waals surface area (Å²) in [7, 11) is 0. The molecule has 9 heteroatoms. The minimum absolute atomic E-state index is 0.00501. The van der Waals surface area contributed by atoms with Gasteiger partial charge in [-0.05, 0) is 51.2 Å². The second-order valence-corrected chi connectivity index (χ2v) is 10.0. The van der Waals surface area contributed by atoms with E-state index in [1.807, 2.05) is 12.1 Å². The normalized spacial score (nSPS) is 22.8. The standard InChI is InChI=1S/C24H32FN5O3/c1-24(2,3)33-23(32)29-12-17(25)11-18(29)13-30-21(26)19(22(27)31)20(28-30)16-9-8-14-6-4-5-7-15(14)10-16/h4-7,16-18H,8-13,26H2,1-3H3,(H2,27,31)/t16-,17-,18+/m1/s1. The summed E-state index contributed by atoms with van der Waals surface area (Å²) in [6.45, 7) is 5.41. The summed E-state index contributed by atoms with van der Waals surface area (Å²) in [5.74, 6) is -0.473. The van der Waals surface area contributed by atoms with Crippen molar-refractivity contribution in [2.45, 2.75) is 76.7 Å². The van der Waals surface area contributed by atoms with Gasteiger partial charge >= 0.3 is 6.09 Å². The Labute approximate surface area is 193 Å². The lowest BCUT2D eigenvalue weighted by Crippen LogP contribution is -2.42. The zero-order valence-corrected chi connectivity index (χ0v) is 19.4. The SMILES string of the molecule is CC(C)(C)OC(=O)N1C[C@H](F)C[C@H]1Cn1nc([C@@H]2CCc3ccccc3C2)c(C(N)=O)c1N. The van der Waals surface area contributed by atoms with Crippen LogP contribution < -0.4 is 11.5 Å². The highest BCUT2D eigenvalue weighted by molar-refractivity contribution is 5.98. The lowest BCUT2D eigenvalue weighted by atomic mass is 9.81. The minimum Gasteiger partial charge on any atom is -0.444 e. The largest absolute Gasteiger partial charge is 0.444 e. The van der Waals surface area contributed by atoms with E-state index in [0.717, 1.165) is 19.3 Å². The van der Waals surface area contributed by atoms with Crippen LogP contribution in [0.1, 0.15) is 66.7 Å². The van der Waals surface area contributed by atoms with Gasteiger partial charge in [-0.2, -0.15) is 5.10 Å². The Morgan fingerprint density at radius 3 is 2.61 bits per heavy atom. The third kappa shape index (κ3) is 4.82. The zero-order valence-electron chi connectivity index (χ0n) is 19.4. The third-order valence-corrected chi connectivity index (χ3v) is 6.37. The Balaban J connectivity index is 1.60. The summed E-state index contributed by atoms with van der Waals surface area (Å²) in [6, 6.07) is 7.74. The molecule has 1 aliphatic carbocycles. The van der Waals surface area contributed by atoms with Crippen LogP contribution in [-0.4, -0.2) is 51.0 Å². The Kier molecular flexibility index (Phi) is 6.07. The number of aryl methyl sites for hydroxylation is 1. The fourth-order valence-corrected chi connectivity index (χ4v) is 4.88. The van der Waals surface area contributed by atoms with E-state index in [4.69, 9.17) is 16.2 Å². The highest BCUT2D eigenvalue weighted by Gasteiger charge is 2.39. The van der Waals surface area contributed by atoms with Crippen molar-refractivity contribution in [1.82, 2.24) is 14.7 Å². The molecule has 0 unspecified atom stereocenters. The van der Waals surface area contributed by atoms with E-state index >= 15 is 0 Å². The van der Waals surface area contributed by atoms with Gasteiger partial charge in [0.25, 0.3) is 5.91 Å². The van der Waals surface area contributed by atoms with Crippen LogP contribution in [-0.2, 0) is 24.1 Å². The first-order valence-corrected chi connectivity index (χ1v) is 11.4. The van der Waals surface area contributed by atoms with Crippen molar-refractivity contribution in [3.05, 3.63) is 46.6 Å². The van der Waals surface area contributed by atoms with Crippen LogP contribution in [0.25, 0.3) is 0 Å². The molecule has 1 fully saturated rings. The number of likely N-dealkylation sites (tertiary alicyclic amines) is 1. The number of fused-ring (bicyclic) bond motifs is 1. The predicted octanol–water partition coefficient (Wildman–Crippen LogP) is 3.18. The van der Waals surface area contributed by atoms with Crippen molar-refractivity contribution >= 4 is 17.8 Å². The number of aromatic nitrogens is 2. The maximum atomic E-state index is 14.3. The summed E-state index contributed by atoms with van der Waals surface area (Å²) in [6.07, 6.45) is 0.864. The summed E-state index contributed by atoms with van der Waals surface area (Å²) >= 11 is 0. The number of alkyl halides is 1. The van der Waals surface area contributed by atoms with E-state index < -0.39 is 29.8 Å². The molecule has 8 nitrogen and oxygen atoms in total. The van der Waals surface area contributed by atoms with Gasteiger partial charge < -0.3 is 21.1 Å². The van der Waals surface area contributed by atoms with Gasteiger partial charge in [-0.15, -0.1) is 0 Å². The number of halogens is 1. The number of carbonyl (C=O) groups is 2. The van der Waals surface area contributed by atoms with Gasteiger partial charge in [-0.25, -0.2) is 13.9 Å². The molecular weight excluding hydrogens is 425 g/mol. The number of benzene rings is 1. The molecule has 4 rings (SSSR count). The Morgan fingerprint density at radius 1 is 1.24 bits per heavy atom.